The number of nitrogens with zero attached hydrogens (tertiary/aromatic N) is 3. The van der Waals surface area contributed by atoms with Gasteiger partial charge in [-0.05, 0) is 51.1 Å². The number of hydrogen-bond donors (Lipinski definition) is 2. The summed E-state index contributed by atoms with van der Waals surface area (Å²) in [5.41, 5.74) is 7.96. The van der Waals surface area contributed by atoms with E-state index < -0.39 is 0 Å². The number of allylic oxidation sites excluding steroid dienone is 5. The second-order valence-electron chi connectivity index (χ2n) is 7.10. The molecule has 0 bridgehead atoms. The first-order chi connectivity index (χ1) is 16.2. The van der Waals surface area contributed by atoms with E-state index in [4.69, 9.17) is 23.2 Å². The Labute approximate surface area is 212 Å². The van der Waals surface area contributed by atoms with E-state index in [1.165, 1.54) is 28.9 Å². The van der Waals surface area contributed by atoms with Crippen molar-refractivity contribution >= 4 is 34.9 Å². The molecular formula is C26H33ClFN5S. The SMILES string of the molecule is C/C=C(\C)Cl.C=C/C=C\C.CN(C)C1=N/C(=C(/N)Sc2cccc(F)c2)N(N)c2ccccc21. The Hall–Kier alpha value is -3.00. The fourth-order valence-electron chi connectivity index (χ4n) is 2.56. The lowest BCUT2D eigenvalue weighted by Gasteiger charge is -2.30. The van der Waals surface area contributed by atoms with Crippen LogP contribution < -0.4 is 16.6 Å². The van der Waals surface area contributed by atoms with Crippen LogP contribution >= 0.6 is 23.4 Å². The van der Waals surface area contributed by atoms with Gasteiger partial charge < -0.3 is 10.6 Å². The molecule has 0 radical (unpaired) electrons. The number of nitrogens with two attached hydrogens (primary N) is 2. The summed E-state index contributed by atoms with van der Waals surface area (Å²) in [5.74, 6) is 7.11. The fourth-order valence-corrected chi connectivity index (χ4v) is 3.36. The van der Waals surface area contributed by atoms with Crippen LogP contribution in [0.1, 0.15) is 26.3 Å². The maximum atomic E-state index is 13.4. The number of anilines is 1. The molecule has 0 aromatic heterocycles. The van der Waals surface area contributed by atoms with E-state index in [-0.39, 0.29) is 5.82 Å². The van der Waals surface area contributed by atoms with Gasteiger partial charge in [0.25, 0.3) is 0 Å². The van der Waals surface area contributed by atoms with E-state index >= 15 is 0 Å². The lowest BCUT2D eigenvalue weighted by molar-refractivity contribution is 0.618. The van der Waals surface area contributed by atoms with Gasteiger partial charge in [-0.2, -0.15) is 0 Å². The summed E-state index contributed by atoms with van der Waals surface area (Å²) >= 11 is 6.55. The number of thioether (sulfide) groups is 1. The highest BCUT2D eigenvalue weighted by atomic mass is 35.5. The molecule has 0 saturated carbocycles. The maximum absolute atomic E-state index is 13.4. The first-order valence-electron chi connectivity index (χ1n) is 10.5. The van der Waals surface area contributed by atoms with Gasteiger partial charge in [0.1, 0.15) is 16.7 Å². The quantitative estimate of drug-likeness (QED) is 0.281. The average Bonchev–Trinajstić information content (AvgIpc) is 2.80. The van der Waals surface area contributed by atoms with Crippen LogP contribution in [-0.2, 0) is 0 Å². The summed E-state index contributed by atoms with van der Waals surface area (Å²) < 4.78 is 13.4. The monoisotopic (exact) mass is 501 g/mol. The van der Waals surface area contributed by atoms with Crippen LogP contribution in [0.2, 0.25) is 0 Å². The van der Waals surface area contributed by atoms with Crippen LogP contribution in [-0.4, -0.2) is 24.8 Å². The summed E-state index contributed by atoms with van der Waals surface area (Å²) in [6.07, 6.45) is 7.43. The molecule has 2 aromatic rings. The minimum absolute atomic E-state index is 0.311. The van der Waals surface area contributed by atoms with E-state index in [1.807, 2.05) is 82.3 Å². The predicted molar refractivity (Wildman–Crippen MR) is 147 cm³/mol. The predicted octanol–water partition coefficient (Wildman–Crippen LogP) is 6.60. The number of amidine groups is 1. The van der Waals surface area contributed by atoms with Crippen LogP contribution in [0.5, 0.6) is 0 Å². The Kier molecular flexibility index (Phi) is 12.8. The smallest absolute Gasteiger partial charge is 0.180 e. The molecule has 4 N–H and O–H groups in total. The van der Waals surface area contributed by atoms with E-state index in [1.54, 1.807) is 18.2 Å². The lowest BCUT2D eigenvalue weighted by Crippen LogP contribution is -2.38. The third-order valence-electron chi connectivity index (χ3n) is 4.24. The number of hydrogen-bond acceptors (Lipinski definition) is 6. The molecular weight excluding hydrogens is 469 g/mol. The van der Waals surface area contributed by atoms with E-state index in [2.05, 4.69) is 11.6 Å². The molecule has 1 aliphatic rings. The molecule has 34 heavy (non-hydrogen) atoms. The van der Waals surface area contributed by atoms with Crippen LogP contribution in [0.15, 0.2) is 105 Å². The highest BCUT2D eigenvalue weighted by molar-refractivity contribution is 8.03. The van der Waals surface area contributed by atoms with Crippen molar-refractivity contribution in [2.24, 2.45) is 16.6 Å². The van der Waals surface area contributed by atoms with Gasteiger partial charge in [0.05, 0.1) is 5.69 Å². The molecule has 1 aliphatic heterocycles. The summed E-state index contributed by atoms with van der Waals surface area (Å²) in [6, 6.07) is 14.0. The van der Waals surface area contributed by atoms with Crippen molar-refractivity contribution in [3.8, 4) is 0 Å². The normalized spacial score (nSPS) is 14.2. The van der Waals surface area contributed by atoms with Crippen molar-refractivity contribution in [2.75, 3.05) is 19.1 Å². The fraction of sp³-hybridized carbons (Fsp3) is 0.192. The number of fused-ring (bicyclic) bond motifs is 1. The molecule has 0 spiro atoms. The van der Waals surface area contributed by atoms with E-state index in [0.717, 1.165) is 22.1 Å². The molecule has 182 valence electrons. The standard InChI is InChI=1S/C17H18FN5S.C5H8.C4H7Cl/c1-22(2)16-13-8-3-4-9-14(13)23(20)17(21-16)15(19)24-12-7-5-6-11(18)10-12;1-3-5-4-2;1-3-4(2)5/h3-10H,19-20H2,1-2H3;3-5H,1H2,2H3;3H,1-2H3/b17-15+;5-4-;4-3+. The van der Waals surface area contributed by atoms with Crippen LogP contribution in [0, 0.1) is 5.82 Å². The molecule has 0 aliphatic carbocycles. The molecule has 0 amide bonds. The first-order valence-corrected chi connectivity index (χ1v) is 11.7. The summed E-state index contributed by atoms with van der Waals surface area (Å²) in [6.45, 7) is 9.18. The number of aliphatic imine (C=N–C) groups is 1. The van der Waals surface area contributed by atoms with Crippen molar-refractivity contribution in [3.05, 3.63) is 107 Å². The minimum atomic E-state index is -0.311. The molecule has 2 aromatic carbocycles. The molecule has 3 rings (SSSR count). The lowest BCUT2D eigenvalue weighted by atomic mass is 10.1. The van der Waals surface area contributed by atoms with Crippen LogP contribution in [0.4, 0.5) is 10.1 Å². The molecule has 0 fully saturated rings. The van der Waals surface area contributed by atoms with Crippen molar-refractivity contribution in [1.82, 2.24) is 4.90 Å². The van der Waals surface area contributed by atoms with Crippen molar-refractivity contribution < 1.29 is 4.39 Å². The molecule has 1 heterocycles. The van der Waals surface area contributed by atoms with E-state index in [0.29, 0.717) is 15.7 Å². The Morgan fingerprint density at radius 1 is 1.18 bits per heavy atom. The third kappa shape index (κ3) is 9.09. The van der Waals surface area contributed by atoms with Crippen molar-refractivity contribution in [3.63, 3.8) is 0 Å². The second kappa shape index (κ2) is 15.0. The third-order valence-corrected chi connectivity index (χ3v) is 5.35. The first kappa shape index (κ1) is 29.0. The molecule has 0 saturated heterocycles. The second-order valence-corrected chi connectivity index (χ2v) is 8.81. The maximum Gasteiger partial charge on any atom is 0.180 e. The van der Waals surface area contributed by atoms with Gasteiger partial charge in [0.15, 0.2) is 5.82 Å². The molecule has 5 nitrogen and oxygen atoms in total. The zero-order valence-corrected chi connectivity index (χ0v) is 21.9. The number of benzene rings is 2. The minimum Gasteiger partial charge on any atom is -0.390 e. The van der Waals surface area contributed by atoms with Gasteiger partial charge in [-0.3, -0.25) is 5.01 Å². The number of para-hydroxylation sites is 1. The van der Waals surface area contributed by atoms with Gasteiger partial charge in [0, 0.05) is 29.6 Å². The highest BCUT2D eigenvalue weighted by Gasteiger charge is 2.25. The molecule has 0 unspecified atom stereocenters. The van der Waals surface area contributed by atoms with Gasteiger partial charge in [-0.1, -0.05) is 72.4 Å². The summed E-state index contributed by atoms with van der Waals surface area (Å²) in [5, 5.41) is 2.71. The zero-order valence-electron chi connectivity index (χ0n) is 20.3. The Morgan fingerprint density at radius 3 is 2.32 bits per heavy atom. The number of rotatable bonds is 3. The Balaban J connectivity index is 0.000000489. The Bertz CT molecular complexity index is 1070. The van der Waals surface area contributed by atoms with Gasteiger partial charge in [-0.25, -0.2) is 15.2 Å². The summed E-state index contributed by atoms with van der Waals surface area (Å²) in [4.78, 5) is 7.20. The largest absolute Gasteiger partial charge is 0.390 e. The zero-order chi connectivity index (χ0) is 25.7. The van der Waals surface area contributed by atoms with Gasteiger partial charge >= 0.3 is 0 Å². The summed E-state index contributed by atoms with van der Waals surface area (Å²) in [7, 11) is 3.82. The molecule has 0 atom stereocenters. The molecule has 8 heteroatoms. The number of halogens is 2. The van der Waals surface area contributed by atoms with Crippen molar-refractivity contribution in [2.45, 2.75) is 25.7 Å². The Morgan fingerprint density at radius 2 is 1.82 bits per heavy atom. The number of hydrazine groups is 1. The topological polar surface area (TPSA) is 70.9 Å². The van der Waals surface area contributed by atoms with Gasteiger partial charge in [-0.15, -0.1) is 0 Å². The van der Waals surface area contributed by atoms with Crippen molar-refractivity contribution in [1.29, 1.82) is 0 Å². The van der Waals surface area contributed by atoms with Gasteiger partial charge in [0.2, 0.25) is 0 Å². The van der Waals surface area contributed by atoms with Crippen LogP contribution in [0.25, 0.3) is 0 Å². The highest BCUT2D eigenvalue weighted by Crippen LogP contribution is 2.33. The average molecular weight is 502 g/mol. The van der Waals surface area contributed by atoms with Crippen LogP contribution in [0.3, 0.4) is 0 Å². The van der Waals surface area contributed by atoms with E-state index in [9.17, 15) is 4.39 Å².